The molecule has 0 saturated carbocycles. The van der Waals surface area contributed by atoms with E-state index in [2.05, 4.69) is 0 Å². The molecule has 2 N–H and O–H groups in total. The third kappa shape index (κ3) is 2.86. The molecule has 0 aromatic heterocycles. The van der Waals surface area contributed by atoms with Crippen LogP contribution in [0.5, 0.6) is 5.75 Å². The Bertz CT molecular complexity index is 347. The number of ether oxygens (including phenoxy) is 1. The molecule has 0 bridgehead atoms. The normalized spacial score (nSPS) is 13.7. The lowest BCUT2D eigenvalue weighted by atomic mass is 10.0. The van der Waals surface area contributed by atoms with Crippen molar-refractivity contribution < 1.29 is 17.9 Å². The van der Waals surface area contributed by atoms with E-state index < -0.39 is 17.8 Å². The number of benzene rings is 1. The fraction of sp³-hybridized carbons (Fsp3) is 0.400. The largest absolute Gasteiger partial charge is 0.497 e. The zero-order valence-electron chi connectivity index (χ0n) is 8.43. The highest BCUT2D eigenvalue weighted by Crippen LogP contribution is 2.33. The van der Waals surface area contributed by atoms with Gasteiger partial charge in [0.25, 0.3) is 0 Å². The Hall–Kier alpha value is -1.23. The van der Waals surface area contributed by atoms with Crippen LogP contribution in [0.2, 0.25) is 0 Å². The van der Waals surface area contributed by atoms with Gasteiger partial charge in [-0.05, 0) is 30.7 Å². The molecule has 0 aliphatic heterocycles. The first-order valence-electron chi connectivity index (χ1n) is 4.36. The predicted molar refractivity (Wildman–Crippen MR) is 50.6 cm³/mol. The van der Waals surface area contributed by atoms with Crippen molar-refractivity contribution >= 4 is 0 Å². The molecular formula is C10H12F3NO. The standard InChI is InChI=1S/C10H12F3NO/c1-6(14)7-3-8(10(11,12)13)5-9(4-7)15-2/h3-6H,14H2,1-2H3/t6-/m1/s1. The molecule has 0 amide bonds. The van der Waals surface area contributed by atoms with E-state index in [9.17, 15) is 13.2 Å². The molecule has 0 aliphatic carbocycles. The summed E-state index contributed by atoms with van der Waals surface area (Å²) in [6.45, 7) is 1.62. The van der Waals surface area contributed by atoms with Gasteiger partial charge in [-0.3, -0.25) is 0 Å². The van der Waals surface area contributed by atoms with E-state index >= 15 is 0 Å². The van der Waals surface area contributed by atoms with Gasteiger partial charge >= 0.3 is 6.18 Å². The maximum Gasteiger partial charge on any atom is 0.416 e. The van der Waals surface area contributed by atoms with E-state index in [0.717, 1.165) is 12.1 Å². The van der Waals surface area contributed by atoms with Crippen LogP contribution in [0.4, 0.5) is 13.2 Å². The molecule has 5 heteroatoms. The topological polar surface area (TPSA) is 35.2 Å². The van der Waals surface area contributed by atoms with Crippen LogP contribution >= 0.6 is 0 Å². The summed E-state index contributed by atoms with van der Waals surface area (Å²) in [5.41, 5.74) is 5.19. The van der Waals surface area contributed by atoms with E-state index in [1.165, 1.54) is 13.2 Å². The molecule has 0 saturated heterocycles. The number of nitrogens with two attached hydrogens (primary N) is 1. The zero-order valence-corrected chi connectivity index (χ0v) is 8.43. The fourth-order valence-electron chi connectivity index (χ4n) is 1.17. The first kappa shape index (κ1) is 11.8. The van der Waals surface area contributed by atoms with Crippen LogP contribution in [0.15, 0.2) is 18.2 Å². The van der Waals surface area contributed by atoms with Crippen molar-refractivity contribution in [1.29, 1.82) is 0 Å². The van der Waals surface area contributed by atoms with Gasteiger partial charge in [-0.1, -0.05) is 0 Å². The third-order valence-electron chi connectivity index (χ3n) is 2.02. The lowest BCUT2D eigenvalue weighted by Gasteiger charge is -2.13. The van der Waals surface area contributed by atoms with Gasteiger partial charge in [0.15, 0.2) is 0 Å². The highest BCUT2D eigenvalue weighted by Gasteiger charge is 2.31. The molecular weight excluding hydrogens is 207 g/mol. The first-order chi connectivity index (χ1) is 6.84. The van der Waals surface area contributed by atoms with E-state index in [-0.39, 0.29) is 5.75 Å². The Morgan fingerprint density at radius 2 is 1.87 bits per heavy atom. The molecule has 84 valence electrons. The average Bonchev–Trinajstić information content (AvgIpc) is 2.15. The summed E-state index contributed by atoms with van der Waals surface area (Å²) in [6, 6.07) is 3.03. The summed E-state index contributed by atoms with van der Waals surface area (Å²) >= 11 is 0. The van der Waals surface area contributed by atoms with Crippen molar-refractivity contribution in [3.8, 4) is 5.75 Å². The minimum Gasteiger partial charge on any atom is -0.497 e. The van der Waals surface area contributed by atoms with Gasteiger partial charge < -0.3 is 10.5 Å². The van der Waals surface area contributed by atoms with E-state index in [1.54, 1.807) is 6.92 Å². The van der Waals surface area contributed by atoms with Crippen molar-refractivity contribution in [2.45, 2.75) is 19.1 Å². The lowest BCUT2D eigenvalue weighted by molar-refractivity contribution is -0.137. The van der Waals surface area contributed by atoms with Crippen molar-refractivity contribution in [2.24, 2.45) is 5.73 Å². The van der Waals surface area contributed by atoms with Gasteiger partial charge in [-0.2, -0.15) is 13.2 Å². The molecule has 0 aliphatic rings. The number of hydrogen-bond acceptors (Lipinski definition) is 2. The Labute approximate surface area is 85.8 Å². The van der Waals surface area contributed by atoms with E-state index in [0.29, 0.717) is 5.56 Å². The van der Waals surface area contributed by atoms with Crippen LogP contribution in [-0.2, 0) is 6.18 Å². The van der Waals surface area contributed by atoms with Crippen LogP contribution in [-0.4, -0.2) is 7.11 Å². The summed E-state index contributed by atoms with van der Waals surface area (Å²) in [4.78, 5) is 0. The Morgan fingerprint density at radius 3 is 2.27 bits per heavy atom. The molecule has 0 radical (unpaired) electrons. The van der Waals surface area contributed by atoms with Gasteiger partial charge in [-0.15, -0.1) is 0 Å². The maximum absolute atomic E-state index is 12.5. The van der Waals surface area contributed by atoms with Crippen LogP contribution in [0.3, 0.4) is 0 Å². The Morgan fingerprint density at radius 1 is 1.27 bits per heavy atom. The summed E-state index contributed by atoms with van der Waals surface area (Å²) in [5.74, 6) is 0.164. The van der Waals surface area contributed by atoms with Crippen LogP contribution < -0.4 is 10.5 Å². The van der Waals surface area contributed by atoms with Crippen molar-refractivity contribution in [2.75, 3.05) is 7.11 Å². The zero-order chi connectivity index (χ0) is 11.6. The first-order valence-corrected chi connectivity index (χ1v) is 4.36. The average molecular weight is 219 g/mol. The molecule has 0 unspecified atom stereocenters. The smallest absolute Gasteiger partial charge is 0.416 e. The van der Waals surface area contributed by atoms with Gasteiger partial charge in [0.05, 0.1) is 12.7 Å². The predicted octanol–water partition coefficient (Wildman–Crippen LogP) is 2.73. The SMILES string of the molecule is COc1cc([C@@H](C)N)cc(C(F)(F)F)c1. The number of methoxy groups -OCH3 is 1. The van der Waals surface area contributed by atoms with Crippen LogP contribution in [0.1, 0.15) is 24.1 Å². The van der Waals surface area contributed by atoms with E-state index in [4.69, 9.17) is 10.5 Å². The van der Waals surface area contributed by atoms with Crippen LogP contribution in [0.25, 0.3) is 0 Å². The molecule has 1 atom stereocenters. The number of hydrogen-bond donors (Lipinski definition) is 1. The van der Waals surface area contributed by atoms with Crippen LogP contribution in [0, 0.1) is 0 Å². The second kappa shape index (κ2) is 4.10. The number of halogens is 3. The van der Waals surface area contributed by atoms with Gasteiger partial charge in [-0.25, -0.2) is 0 Å². The van der Waals surface area contributed by atoms with Gasteiger partial charge in [0, 0.05) is 6.04 Å². The summed E-state index contributed by atoms with van der Waals surface area (Å²) < 4.78 is 42.1. The minimum absolute atomic E-state index is 0.164. The minimum atomic E-state index is -4.38. The highest BCUT2D eigenvalue weighted by molar-refractivity contribution is 5.37. The quantitative estimate of drug-likeness (QED) is 0.830. The van der Waals surface area contributed by atoms with Crippen molar-refractivity contribution in [3.63, 3.8) is 0 Å². The molecule has 1 aromatic rings. The van der Waals surface area contributed by atoms with E-state index in [1.807, 2.05) is 0 Å². The number of rotatable bonds is 2. The van der Waals surface area contributed by atoms with Gasteiger partial charge in [0.2, 0.25) is 0 Å². The van der Waals surface area contributed by atoms with Crippen molar-refractivity contribution in [1.82, 2.24) is 0 Å². The van der Waals surface area contributed by atoms with Gasteiger partial charge in [0.1, 0.15) is 5.75 Å². The highest BCUT2D eigenvalue weighted by atomic mass is 19.4. The third-order valence-corrected chi connectivity index (χ3v) is 2.02. The molecule has 1 rings (SSSR count). The summed E-state index contributed by atoms with van der Waals surface area (Å²) in [5, 5.41) is 0. The van der Waals surface area contributed by atoms with Crippen molar-refractivity contribution in [3.05, 3.63) is 29.3 Å². The fourth-order valence-corrected chi connectivity index (χ4v) is 1.17. The summed E-state index contributed by atoms with van der Waals surface area (Å²) in [7, 11) is 1.32. The second-order valence-corrected chi connectivity index (χ2v) is 3.28. The molecule has 1 aromatic carbocycles. The molecule has 2 nitrogen and oxygen atoms in total. The Balaban J connectivity index is 3.23. The Kier molecular flexibility index (Phi) is 3.24. The molecule has 0 fully saturated rings. The lowest BCUT2D eigenvalue weighted by Crippen LogP contribution is -2.10. The molecule has 0 spiro atoms. The maximum atomic E-state index is 12.5. The number of alkyl halides is 3. The second-order valence-electron chi connectivity index (χ2n) is 3.28. The molecule has 0 heterocycles. The monoisotopic (exact) mass is 219 g/mol. The summed E-state index contributed by atoms with van der Waals surface area (Å²) in [6.07, 6.45) is -4.38. The molecule has 15 heavy (non-hydrogen) atoms.